The zero-order valence-electron chi connectivity index (χ0n) is 13.3. The largest absolute Gasteiger partial charge is 0.377 e. The van der Waals surface area contributed by atoms with Crippen LogP contribution in [0.1, 0.15) is 73.1 Å². The molecule has 0 fully saturated rings. The van der Waals surface area contributed by atoms with E-state index in [1.54, 1.807) is 0 Å². The Morgan fingerprint density at radius 2 is 1.61 bits per heavy atom. The van der Waals surface area contributed by atoms with Gasteiger partial charge in [-0.15, -0.1) is 0 Å². The summed E-state index contributed by atoms with van der Waals surface area (Å²) in [5.41, 5.74) is 0. The first-order valence-electron chi connectivity index (χ1n) is 8.08. The van der Waals surface area contributed by atoms with Gasteiger partial charge in [-0.3, -0.25) is 0 Å². The van der Waals surface area contributed by atoms with Crippen molar-refractivity contribution in [2.75, 3.05) is 13.2 Å². The molecule has 0 aliphatic heterocycles. The third-order valence-corrected chi connectivity index (χ3v) is 3.80. The molecule has 0 aliphatic carbocycles. The zero-order chi connectivity index (χ0) is 13.8. The fourth-order valence-corrected chi connectivity index (χ4v) is 2.58. The first-order valence-corrected chi connectivity index (χ1v) is 8.08. The molecule has 0 aromatic rings. The summed E-state index contributed by atoms with van der Waals surface area (Å²) < 4.78 is 5.97. The van der Waals surface area contributed by atoms with E-state index >= 15 is 0 Å². The van der Waals surface area contributed by atoms with Crippen LogP contribution in [0.4, 0.5) is 0 Å². The van der Waals surface area contributed by atoms with E-state index in [-0.39, 0.29) is 0 Å². The van der Waals surface area contributed by atoms with Crippen molar-refractivity contribution in [3.63, 3.8) is 0 Å². The van der Waals surface area contributed by atoms with Gasteiger partial charge in [-0.2, -0.15) is 0 Å². The normalized spacial score (nSPS) is 15.0. The second kappa shape index (κ2) is 12.0. The van der Waals surface area contributed by atoms with Crippen molar-refractivity contribution in [1.82, 2.24) is 5.32 Å². The Morgan fingerprint density at radius 1 is 0.944 bits per heavy atom. The van der Waals surface area contributed by atoms with E-state index in [2.05, 4.69) is 39.9 Å². The third kappa shape index (κ3) is 7.38. The van der Waals surface area contributed by atoms with Crippen molar-refractivity contribution in [3.8, 4) is 0 Å². The average molecular weight is 257 g/mol. The zero-order valence-corrected chi connectivity index (χ0v) is 13.3. The minimum absolute atomic E-state index is 0.396. The highest BCUT2D eigenvalue weighted by Crippen LogP contribution is 2.20. The van der Waals surface area contributed by atoms with Crippen LogP contribution in [0.3, 0.4) is 0 Å². The van der Waals surface area contributed by atoms with E-state index in [9.17, 15) is 0 Å². The van der Waals surface area contributed by atoms with Crippen molar-refractivity contribution in [2.24, 2.45) is 5.92 Å². The monoisotopic (exact) mass is 257 g/mol. The lowest BCUT2D eigenvalue weighted by atomic mass is 9.90. The van der Waals surface area contributed by atoms with Gasteiger partial charge in [0.05, 0.1) is 6.10 Å². The van der Waals surface area contributed by atoms with Crippen LogP contribution in [0.2, 0.25) is 0 Å². The van der Waals surface area contributed by atoms with Gasteiger partial charge in [-0.05, 0) is 38.6 Å². The summed E-state index contributed by atoms with van der Waals surface area (Å²) in [4.78, 5) is 0. The average Bonchev–Trinajstić information content (AvgIpc) is 2.39. The van der Waals surface area contributed by atoms with Gasteiger partial charge < -0.3 is 10.1 Å². The summed E-state index contributed by atoms with van der Waals surface area (Å²) in [7, 11) is 0. The topological polar surface area (TPSA) is 21.3 Å². The number of nitrogens with one attached hydrogen (secondary N) is 1. The molecule has 2 heteroatoms. The number of rotatable bonds is 12. The Labute approximate surface area is 115 Å². The summed E-state index contributed by atoms with van der Waals surface area (Å²) in [5.74, 6) is 0.833. The van der Waals surface area contributed by atoms with Crippen LogP contribution in [-0.2, 0) is 4.74 Å². The molecule has 0 aromatic carbocycles. The van der Waals surface area contributed by atoms with Crippen molar-refractivity contribution in [3.05, 3.63) is 0 Å². The minimum Gasteiger partial charge on any atom is -0.377 e. The fraction of sp³-hybridized carbons (Fsp3) is 1.00. The molecule has 0 aliphatic rings. The summed E-state index contributed by atoms with van der Waals surface area (Å²) >= 11 is 0. The molecular formula is C16H35NO. The molecule has 2 nitrogen and oxygen atoms in total. The second-order valence-corrected chi connectivity index (χ2v) is 5.26. The van der Waals surface area contributed by atoms with Gasteiger partial charge in [0, 0.05) is 12.6 Å². The predicted octanol–water partition coefficient (Wildman–Crippen LogP) is 4.39. The van der Waals surface area contributed by atoms with Gasteiger partial charge in [-0.25, -0.2) is 0 Å². The van der Waals surface area contributed by atoms with Gasteiger partial charge >= 0.3 is 0 Å². The summed E-state index contributed by atoms with van der Waals surface area (Å²) in [6, 6.07) is 0.537. The molecule has 18 heavy (non-hydrogen) atoms. The number of hydrogen-bond donors (Lipinski definition) is 1. The molecule has 0 heterocycles. The maximum atomic E-state index is 5.97. The van der Waals surface area contributed by atoms with Crippen LogP contribution in [0.5, 0.6) is 0 Å². The standard InChI is InChI=1S/C16H35NO/c1-6-11-16(18-10-5)15(17-12-7-2)13-14(8-3)9-4/h14-17H,6-13H2,1-5H3. The Hall–Kier alpha value is -0.0800. The highest BCUT2D eigenvalue weighted by Gasteiger charge is 2.23. The van der Waals surface area contributed by atoms with Crippen molar-refractivity contribution in [2.45, 2.75) is 85.3 Å². The van der Waals surface area contributed by atoms with Crippen LogP contribution >= 0.6 is 0 Å². The molecule has 0 amide bonds. The van der Waals surface area contributed by atoms with Crippen LogP contribution in [-0.4, -0.2) is 25.3 Å². The maximum Gasteiger partial charge on any atom is 0.0727 e. The maximum absolute atomic E-state index is 5.97. The smallest absolute Gasteiger partial charge is 0.0727 e. The molecule has 0 spiro atoms. The van der Waals surface area contributed by atoms with Gasteiger partial charge in [-0.1, -0.05) is 47.0 Å². The second-order valence-electron chi connectivity index (χ2n) is 5.26. The summed E-state index contributed by atoms with van der Waals surface area (Å²) in [6.07, 6.45) is 7.81. The SMILES string of the molecule is CCCNC(CC(CC)CC)C(CCC)OCC. The molecule has 0 radical (unpaired) electrons. The Balaban J connectivity index is 4.47. The van der Waals surface area contributed by atoms with Gasteiger partial charge in [0.15, 0.2) is 0 Å². The van der Waals surface area contributed by atoms with Crippen LogP contribution in [0.25, 0.3) is 0 Å². The lowest BCUT2D eigenvalue weighted by Crippen LogP contribution is -2.43. The third-order valence-electron chi connectivity index (χ3n) is 3.80. The van der Waals surface area contributed by atoms with Crippen LogP contribution in [0.15, 0.2) is 0 Å². The Bertz CT molecular complexity index is 162. The molecular weight excluding hydrogens is 222 g/mol. The van der Waals surface area contributed by atoms with Crippen LogP contribution < -0.4 is 5.32 Å². The highest BCUT2D eigenvalue weighted by atomic mass is 16.5. The van der Waals surface area contributed by atoms with E-state index < -0.39 is 0 Å². The first kappa shape index (κ1) is 17.9. The highest BCUT2D eigenvalue weighted by molar-refractivity contribution is 4.79. The van der Waals surface area contributed by atoms with Gasteiger partial charge in [0.1, 0.15) is 0 Å². The number of ether oxygens (including phenoxy) is 1. The molecule has 2 unspecified atom stereocenters. The summed E-state index contributed by atoms with van der Waals surface area (Å²) in [6.45, 7) is 13.1. The molecule has 2 atom stereocenters. The summed E-state index contributed by atoms with van der Waals surface area (Å²) in [5, 5.41) is 3.71. The first-order chi connectivity index (χ1) is 8.73. The lowest BCUT2D eigenvalue weighted by molar-refractivity contribution is 0.0212. The van der Waals surface area contributed by atoms with E-state index in [0.29, 0.717) is 12.1 Å². The molecule has 0 saturated heterocycles. The van der Waals surface area contributed by atoms with Gasteiger partial charge in [0.25, 0.3) is 0 Å². The number of hydrogen-bond acceptors (Lipinski definition) is 2. The Morgan fingerprint density at radius 3 is 2.06 bits per heavy atom. The molecule has 0 rings (SSSR count). The Kier molecular flexibility index (Phi) is 11.9. The minimum atomic E-state index is 0.396. The van der Waals surface area contributed by atoms with Crippen molar-refractivity contribution < 1.29 is 4.74 Å². The molecule has 0 bridgehead atoms. The molecule has 110 valence electrons. The van der Waals surface area contributed by atoms with Crippen LogP contribution in [0, 0.1) is 5.92 Å². The molecule has 1 N–H and O–H groups in total. The van der Waals surface area contributed by atoms with Gasteiger partial charge in [0.2, 0.25) is 0 Å². The predicted molar refractivity (Wildman–Crippen MR) is 81.1 cm³/mol. The van der Waals surface area contributed by atoms with E-state index in [1.807, 2.05) is 0 Å². The fourth-order valence-electron chi connectivity index (χ4n) is 2.58. The van der Waals surface area contributed by atoms with Crippen molar-refractivity contribution in [1.29, 1.82) is 0 Å². The molecule has 0 aromatic heterocycles. The molecule has 0 saturated carbocycles. The van der Waals surface area contributed by atoms with E-state index in [4.69, 9.17) is 4.74 Å². The lowest BCUT2D eigenvalue weighted by Gasteiger charge is -2.30. The quantitative estimate of drug-likeness (QED) is 0.560. The van der Waals surface area contributed by atoms with E-state index in [0.717, 1.165) is 19.1 Å². The van der Waals surface area contributed by atoms with Crippen molar-refractivity contribution >= 4 is 0 Å². The van der Waals surface area contributed by atoms with E-state index in [1.165, 1.54) is 38.5 Å².